The van der Waals surface area contributed by atoms with Gasteiger partial charge in [0.05, 0.1) is 14.2 Å². The van der Waals surface area contributed by atoms with Gasteiger partial charge in [0.25, 0.3) is 0 Å². The number of methoxy groups -OCH3 is 2. The molecule has 106 valence electrons. The maximum absolute atomic E-state index is 5.34. The van der Waals surface area contributed by atoms with Crippen LogP contribution in [0.2, 0.25) is 0 Å². The molecule has 0 saturated carbocycles. The molecule has 1 saturated heterocycles. The second kappa shape index (κ2) is 6.66. The molecule has 0 aliphatic carbocycles. The van der Waals surface area contributed by atoms with Gasteiger partial charge in [-0.1, -0.05) is 6.92 Å². The Kier molecular flexibility index (Phi) is 4.91. The Labute approximate surface area is 115 Å². The number of benzene rings is 1. The Morgan fingerprint density at radius 1 is 1.21 bits per heavy atom. The lowest BCUT2D eigenvalue weighted by atomic mass is 10.0. The third-order valence-electron chi connectivity index (χ3n) is 3.62. The number of rotatable bonds is 5. The first-order valence-electron chi connectivity index (χ1n) is 6.98. The van der Waals surface area contributed by atoms with Crippen LogP contribution in [-0.4, -0.2) is 39.9 Å². The quantitative estimate of drug-likeness (QED) is 0.884. The predicted molar refractivity (Wildman–Crippen MR) is 78.5 cm³/mol. The molecule has 1 aromatic carbocycles. The lowest BCUT2D eigenvalue weighted by Crippen LogP contribution is -2.45. The predicted octanol–water partition coefficient (Wildman–Crippen LogP) is 2.28. The third kappa shape index (κ3) is 3.53. The van der Waals surface area contributed by atoms with Crippen molar-refractivity contribution in [2.24, 2.45) is 0 Å². The number of anilines is 1. The average Bonchev–Trinajstić information content (AvgIpc) is 2.47. The number of nitrogens with zero attached hydrogens (tertiary/aromatic N) is 1. The van der Waals surface area contributed by atoms with E-state index < -0.39 is 0 Å². The zero-order chi connectivity index (χ0) is 13.7. The summed E-state index contributed by atoms with van der Waals surface area (Å²) in [5, 5.41) is 3.54. The van der Waals surface area contributed by atoms with Crippen molar-refractivity contribution < 1.29 is 9.47 Å². The lowest BCUT2D eigenvalue weighted by Gasteiger charge is -2.35. The fourth-order valence-electron chi connectivity index (χ4n) is 2.64. The van der Waals surface area contributed by atoms with Gasteiger partial charge in [-0.2, -0.15) is 0 Å². The summed E-state index contributed by atoms with van der Waals surface area (Å²) < 4.78 is 10.7. The Balaban J connectivity index is 2.15. The van der Waals surface area contributed by atoms with Crippen LogP contribution in [0.25, 0.3) is 0 Å². The van der Waals surface area contributed by atoms with E-state index in [4.69, 9.17) is 9.47 Å². The molecule has 4 heteroatoms. The third-order valence-corrected chi connectivity index (χ3v) is 3.62. The van der Waals surface area contributed by atoms with Gasteiger partial charge in [0.15, 0.2) is 0 Å². The zero-order valence-electron chi connectivity index (χ0n) is 12.1. The lowest BCUT2D eigenvalue weighted by molar-refractivity contribution is 0.392. The van der Waals surface area contributed by atoms with Gasteiger partial charge in [-0.05, 0) is 19.4 Å². The largest absolute Gasteiger partial charge is 0.497 e. The maximum atomic E-state index is 5.34. The minimum absolute atomic E-state index is 0.580. The van der Waals surface area contributed by atoms with Crippen molar-refractivity contribution in [1.29, 1.82) is 0 Å². The fourth-order valence-corrected chi connectivity index (χ4v) is 2.64. The first-order chi connectivity index (χ1) is 9.26. The van der Waals surface area contributed by atoms with Crippen LogP contribution in [0.4, 0.5) is 5.69 Å². The van der Waals surface area contributed by atoms with E-state index in [9.17, 15) is 0 Å². The number of hydrogen-bond acceptors (Lipinski definition) is 4. The first-order valence-corrected chi connectivity index (χ1v) is 6.98. The van der Waals surface area contributed by atoms with E-state index in [1.807, 2.05) is 6.07 Å². The SMILES string of the molecule is CCNC1CCCN(c2cc(OC)cc(OC)c2)C1. The minimum atomic E-state index is 0.580. The number of ether oxygens (including phenoxy) is 2. The van der Waals surface area contributed by atoms with E-state index in [-0.39, 0.29) is 0 Å². The normalized spacial score (nSPS) is 19.3. The smallest absolute Gasteiger partial charge is 0.124 e. The molecule has 1 heterocycles. The Hall–Kier alpha value is -1.42. The molecule has 0 bridgehead atoms. The van der Waals surface area contributed by atoms with E-state index in [0.29, 0.717) is 6.04 Å². The maximum Gasteiger partial charge on any atom is 0.124 e. The van der Waals surface area contributed by atoms with Crippen LogP contribution in [-0.2, 0) is 0 Å². The Bertz CT molecular complexity index is 385. The summed E-state index contributed by atoms with van der Waals surface area (Å²) in [6.07, 6.45) is 2.47. The highest BCUT2D eigenvalue weighted by atomic mass is 16.5. The highest BCUT2D eigenvalue weighted by molar-refractivity contribution is 5.56. The summed E-state index contributed by atoms with van der Waals surface area (Å²) in [5.74, 6) is 1.69. The standard InChI is InChI=1S/C15H24N2O2/c1-4-16-12-6-5-7-17(11-12)13-8-14(18-2)10-15(9-13)19-3/h8-10,12,16H,4-7,11H2,1-3H3. The Morgan fingerprint density at radius 3 is 2.47 bits per heavy atom. The number of likely N-dealkylation sites (N-methyl/N-ethyl adjacent to an activating group) is 1. The molecule has 1 aliphatic rings. The van der Waals surface area contributed by atoms with Crippen molar-refractivity contribution >= 4 is 5.69 Å². The second-order valence-corrected chi connectivity index (χ2v) is 4.91. The van der Waals surface area contributed by atoms with Gasteiger partial charge in [-0.15, -0.1) is 0 Å². The highest BCUT2D eigenvalue weighted by Crippen LogP contribution is 2.30. The molecule has 0 radical (unpaired) electrons. The number of hydrogen-bond donors (Lipinski definition) is 1. The van der Waals surface area contributed by atoms with Crippen LogP contribution in [0.15, 0.2) is 18.2 Å². The van der Waals surface area contributed by atoms with Crippen LogP contribution in [0.3, 0.4) is 0 Å². The van der Waals surface area contributed by atoms with Crippen molar-refractivity contribution in [3.8, 4) is 11.5 Å². The number of piperidine rings is 1. The molecule has 0 amide bonds. The van der Waals surface area contributed by atoms with E-state index in [0.717, 1.165) is 31.1 Å². The van der Waals surface area contributed by atoms with Gasteiger partial charge in [0.1, 0.15) is 11.5 Å². The van der Waals surface area contributed by atoms with Gasteiger partial charge in [-0.3, -0.25) is 0 Å². The molecular weight excluding hydrogens is 240 g/mol. The van der Waals surface area contributed by atoms with Crippen LogP contribution in [0, 0.1) is 0 Å². The summed E-state index contributed by atoms with van der Waals surface area (Å²) in [4.78, 5) is 2.40. The topological polar surface area (TPSA) is 33.7 Å². The van der Waals surface area contributed by atoms with Crippen molar-refractivity contribution in [2.45, 2.75) is 25.8 Å². The zero-order valence-corrected chi connectivity index (χ0v) is 12.1. The van der Waals surface area contributed by atoms with Gasteiger partial charge >= 0.3 is 0 Å². The van der Waals surface area contributed by atoms with Crippen LogP contribution < -0.4 is 19.7 Å². The molecule has 19 heavy (non-hydrogen) atoms. The molecule has 1 fully saturated rings. The Morgan fingerprint density at radius 2 is 1.89 bits per heavy atom. The molecule has 1 N–H and O–H groups in total. The molecule has 1 aromatic rings. The highest BCUT2D eigenvalue weighted by Gasteiger charge is 2.20. The van der Waals surface area contributed by atoms with Gasteiger partial charge in [-0.25, -0.2) is 0 Å². The molecule has 2 rings (SSSR count). The van der Waals surface area contributed by atoms with E-state index in [2.05, 4.69) is 29.3 Å². The van der Waals surface area contributed by atoms with Gasteiger partial charge < -0.3 is 19.7 Å². The average molecular weight is 264 g/mol. The fraction of sp³-hybridized carbons (Fsp3) is 0.600. The molecule has 1 atom stereocenters. The van der Waals surface area contributed by atoms with Crippen LogP contribution >= 0.6 is 0 Å². The molecule has 1 aliphatic heterocycles. The van der Waals surface area contributed by atoms with Crippen molar-refractivity contribution in [2.75, 3.05) is 38.8 Å². The van der Waals surface area contributed by atoms with Crippen molar-refractivity contribution in [3.63, 3.8) is 0 Å². The van der Waals surface area contributed by atoms with Gasteiger partial charge in [0, 0.05) is 43.0 Å². The van der Waals surface area contributed by atoms with Crippen LogP contribution in [0.1, 0.15) is 19.8 Å². The summed E-state index contributed by atoms with van der Waals surface area (Å²) in [7, 11) is 3.38. The molecule has 1 unspecified atom stereocenters. The summed E-state index contributed by atoms with van der Waals surface area (Å²) in [5.41, 5.74) is 1.18. The molecule has 4 nitrogen and oxygen atoms in total. The van der Waals surface area contributed by atoms with Gasteiger partial charge in [0.2, 0.25) is 0 Å². The van der Waals surface area contributed by atoms with E-state index in [1.165, 1.54) is 18.5 Å². The summed E-state index contributed by atoms with van der Waals surface area (Å²) in [6.45, 7) is 5.33. The monoisotopic (exact) mass is 264 g/mol. The molecule has 0 aromatic heterocycles. The number of nitrogens with one attached hydrogen (secondary N) is 1. The van der Waals surface area contributed by atoms with Crippen molar-refractivity contribution in [3.05, 3.63) is 18.2 Å². The minimum Gasteiger partial charge on any atom is -0.497 e. The molecule has 0 spiro atoms. The van der Waals surface area contributed by atoms with E-state index in [1.54, 1.807) is 14.2 Å². The summed E-state index contributed by atoms with van der Waals surface area (Å²) in [6, 6.07) is 6.65. The van der Waals surface area contributed by atoms with Crippen molar-refractivity contribution in [1.82, 2.24) is 5.32 Å². The van der Waals surface area contributed by atoms with E-state index >= 15 is 0 Å². The van der Waals surface area contributed by atoms with Crippen LogP contribution in [0.5, 0.6) is 11.5 Å². The second-order valence-electron chi connectivity index (χ2n) is 4.91. The first kappa shape index (κ1) is 14.0. The summed E-state index contributed by atoms with van der Waals surface area (Å²) >= 11 is 0. The molecular formula is C15H24N2O2.